The van der Waals surface area contributed by atoms with E-state index >= 15 is 0 Å². The molecule has 2 aromatic rings. The molecule has 0 radical (unpaired) electrons. The summed E-state index contributed by atoms with van der Waals surface area (Å²) in [4.78, 5) is 11.8. The molecule has 0 unspecified atom stereocenters. The number of aromatic hydroxyl groups is 1. The number of anilines is 3. The lowest BCUT2D eigenvalue weighted by molar-refractivity contribution is 0.262. The molecule has 0 aliphatic rings. The number of para-hydroxylation sites is 2. The van der Waals surface area contributed by atoms with Gasteiger partial charge in [-0.05, 0) is 36.8 Å². The average Bonchev–Trinajstić information content (AvgIpc) is 2.36. The van der Waals surface area contributed by atoms with Gasteiger partial charge in [0, 0.05) is 0 Å². The predicted molar refractivity (Wildman–Crippen MR) is 76.3 cm³/mol. The molecule has 0 atom stereocenters. The monoisotopic (exact) mass is 257 g/mol. The van der Waals surface area contributed by atoms with Crippen molar-refractivity contribution in [2.75, 3.05) is 16.4 Å². The summed E-state index contributed by atoms with van der Waals surface area (Å²) in [7, 11) is 0. The minimum absolute atomic E-state index is 0.00882. The van der Waals surface area contributed by atoms with E-state index in [2.05, 4.69) is 10.6 Å². The van der Waals surface area contributed by atoms with Crippen LogP contribution in [0.1, 0.15) is 5.56 Å². The van der Waals surface area contributed by atoms with Crippen LogP contribution in [0.3, 0.4) is 0 Å². The topological polar surface area (TPSA) is 87.4 Å². The van der Waals surface area contributed by atoms with Crippen molar-refractivity contribution in [2.24, 2.45) is 0 Å². The zero-order valence-electron chi connectivity index (χ0n) is 10.5. The zero-order chi connectivity index (χ0) is 13.8. The smallest absolute Gasteiger partial charge is 0.323 e. The van der Waals surface area contributed by atoms with E-state index in [0.29, 0.717) is 17.1 Å². The Morgan fingerprint density at radius 2 is 1.79 bits per heavy atom. The van der Waals surface area contributed by atoms with Gasteiger partial charge in [0.1, 0.15) is 5.75 Å². The van der Waals surface area contributed by atoms with Gasteiger partial charge in [-0.25, -0.2) is 4.79 Å². The minimum atomic E-state index is -0.461. The fraction of sp³-hybridized carbons (Fsp3) is 0.0714. The lowest BCUT2D eigenvalue weighted by Crippen LogP contribution is -2.20. The highest BCUT2D eigenvalue weighted by molar-refractivity contribution is 6.02. The quantitative estimate of drug-likeness (QED) is 0.492. The number of carbonyl (C=O) groups is 1. The average molecular weight is 257 g/mol. The standard InChI is InChI=1S/C14H15N3O2/c1-9-6-7-11(10(15)8-9)16-14(19)17-12-4-2-3-5-13(12)18/h2-8,18H,15H2,1H3,(H2,16,17,19). The third-order valence-corrected chi connectivity index (χ3v) is 2.61. The number of phenolic OH excluding ortho intramolecular Hbond substituents is 1. The Kier molecular flexibility index (Phi) is 3.56. The van der Waals surface area contributed by atoms with Crippen LogP contribution in [0, 0.1) is 6.92 Å². The van der Waals surface area contributed by atoms with Gasteiger partial charge in [-0.3, -0.25) is 0 Å². The summed E-state index contributed by atoms with van der Waals surface area (Å²) in [6.45, 7) is 1.92. The summed E-state index contributed by atoms with van der Waals surface area (Å²) in [5.74, 6) is 0.00882. The molecule has 0 saturated heterocycles. The Morgan fingerprint density at radius 3 is 2.47 bits per heavy atom. The van der Waals surface area contributed by atoms with Crippen molar-refractivity contribution >= 4 is 23.1 Å². The Hall–Kier alpha value is -2.69. The Balaban J connectivity index is 2.08. The molecule has 0 bridgehead atoms. The number of rotatable bonds is 2. The summed E-state index contributed by atoms with van der Waals surface area (Å²) < 4.78 is 0. The Bertz CT molecular complexity index is 611. The van der Waals surface area contributed by atoms with Gasteiger partial charge in [0.25, 0.3) is 0 Å². The van der Waals surface area contributed by atoms with Crippen LogP contribution >= 0.6 is 0 Å². The molecule has 5 heteroatoms. The molecule has 2 aromatic carbocycles. The normalized spacial score (nSPS) is 9.95. The Morgan fingerprint density at radius 1 is 1.11 bits per heavy atom. The van der Waals surface area contributed by atoms with Crippen LogP contribution in [0.25, 0.3) is 0 Å². The number of phenols is 1. The number of urea groups is 1. The largest absolute Gasteiger partial charge is 0.506 e. The van der Waals surface area contributed by atoms with Gasteiger partial charge in [-0.1, -0.05) is 18.2 Å². The van der Waals surface area contributed by atoms with Crippen molar-refractivity contribution in [2.45, 2.75) is 6.92 Å². The summed E-state index contributed by atoms with van der Waals surface area (Å²) in [5, 5.41) is 14.7. The highest BCUT2D eigenvalue weighted by atomic mass is 16.3. The number of nitrogens with one attached hydrogen (secondary N) is 2. The van der Waals surface area contributed by atoms with Crippen LogP contribution in [0.5, 0.6) is 5.75 Å². The molecule has 0 aromatic heterocycles. The molecule has 2 rings (SSSR count). The molecular weight excluding hydrogens is 242 g/mol. The lowest BCUT2D eigenvalue weighted by Gasteiger charge is -2.11. The molecule has 0 aliphatic heterocycles. The lowest BCUT2D eigenvalue weighted by atomic mass is 10.2. The predicted octanol–water partition coefficient (Wildman–Crippen LogP) is 2.93. The van der Waals surface area contributed by atoms with Crippen molar-refractivity contribution in [3.63, 3.8) is 0 Å². The highest BCUT2D eigenvalue weighted by Crippen LogP contribution is 2.23. The van der Waals surface area contributed by atoms with Crippen LogP contribution in [-0.2, 0) is 0 Å². The van der Waals surface area contributed by atoms with Gasteiger partial charge in [-0.2, -0.15) is 0 Å². The van der Waals surface area contributed by atoms with Gasteiger partial charge in [0.05, 0.1) is 17.1 Å². The first-order valence-corrected chi connectivity index (χ1v) is 5.78. The maximum atomic E-state index is 11.8. The second kappa shape index (κ2) is 5.30. The maximum absolute atomic E-state index is 11.8. The number of benzene rings is 2. The SMILES string of the molecule is Cc1ccc(NC(=O)Nc2ccccc2O)c(N)c1. The van der Waals surface area contributed by atoms with Crippen LogP contribution in [-0.4, -0.2) is 11.1 Å². The number of carbonyl (C=O) groups excluding carboxylic acids is 1. The number of amides is 2. The van der Waals surface area contributed by atoms with E-state index in [1.807, 2.05) is 13.0 Å². The minimum Gasteiger partial charge on any atom is -0.506 e. The molecule has 0 fully saturated rings. The second-order valence-electron chi connectivity index (χ2n) is 4.19. The first-order valence-electron chi connectivity index (χ1n) is 5.78. The van der Waals surface area contributed by atoms with E-state index in [1.165, 1.54) is 6.07 Å². The van der Waals surface area contributed by atoms with Gasteiger partial charge >= 0.3 is 6.03 Å². The van der Waals surface area contributed by atoms with E-state index < -0.39 is 6.03 Å². The van der Waals surface area contributed by atoms with Crippen molar-refractivity contribution in [1.82, 2.24) is 0 Å². The summed E-state index contributed by atoms with van der Waals surface area (Å²) in [6, 6.07) is 11.4. The highest BCUT2D eigenvalue weighted by Gasteiger charge is 2.07. The molecule has 5 N–H and O–H groups in total. The van der Waals surface area contributed by atoms with Crippen LogP contribution in [0.4, 0.5) is 21.9 Å². The van der Waals surface area contributed by atoms with Crippen molar-refractivity contribution in [1.29, 1.82) is 0 Å². The molecule has 0 aliphatic carbocycles. The number of hydrogen-bond acceptors (Lipinski definition) is 3. The Labute approximate surface area is 111 Å². The van der Waals surface area contributed by atoms with Crippen LogP contribution in [0.2, 0.25) is 0 Å². The molecule has 5 nitrogen and oxygen atoms in total. The summed E-state index contributed by atoms with van der Waals surface area (Å²) >= 11 is 0. The third kappa shape index (κ3) is 3.16. The fourth-order valence-electron chi connectivity index (χ4n) is 1.65. The van der Waals surface area contributed by atoms with E-state index in [-0.39, 0.29) is 5.75 Å². The molecule has 98 valence electrons. The van der Waals surface area contributed by atoms with Crippen molar-refractivity contribution < 1.29 is 9.90 Å². The summed E-state index contributed by atoms with van der Waals surface area (Å²) in [6.07, 6.45) is 0. The fourth-order valence-corrected chi connectivity index (χ4v) is 1.65. The number of hydrogen-bond donors (Lipinski definition) is 4. The number of nitrogen functional groups attached to an aromatic ring is 1. The molecule has 0 saturated carbocycles. The molecule has 2 amide bonds. The zero-order valence-corrected chi connectivity index (χ0v) is 10.5. The van der Waals surface area contributed by atoms with Crippen LogP contribution in [0.15, 0.2) is 42.5 Å². The van der Waals surface area contributed by atoms with Gasteiger partial charge in [-0.15, -0.1) is 0 Å². The van der Waals surface area contributed by atoms with Gasteiger partial charge < -0.3 is 21.5 Å². The molecule has 0 heterocycles. The third-order valence-electron chi connectivity index (χ3n) is 2.61. The molecule has 19 heavy (non-hydrogen) atoms. The van der Waals surface area contributed by atoms with Crippen molar-refractivity contribution in [3.05, 3.63) is 48.0 Å². The van der Waals surface area contributed by atoms with E-state index in [9.17, 15) is 9.90 Å². The number of nitrogens with two attached hydrogens (primary N) is 1. The number of aryl methyl sites for hydroxylation is 1. The molecular formula is C14H15N3O2. The van der Waals surface area contributed by atoms with E-state index in [4.69, 9.17) is 5.73 Å². The van der Waals surface area contributed by atoms with Gasteiger partial charge in [0.2, 0.25) is 0 Å². The summed E-state index contributed by atoms with van der Waals surface area (Å²) in [5.41, 5.74) is 8.18. The molecule has 0 spiro atoms. The van der Waals surface area contributed by atoms with Crippen LogP contribution < -0.4 is 16.4 Å². The van der Waals surface area contributed by atoms with E-state index in [0.717, 1.165) is 5.56 Å². The van der Waals surface area contributed by atoms with E-state index in [1.54, 1.807) is 30.3 Å². The van der Waals surface area contributed by atoms with Gasteiger partial charge in [0.15, 0.2) is 0 Å². The first kappa shape index (κ1) is 12.8. The second-order valence-corrected chi connectivity index (χ2v) is 4.19. The first-order chi connectivity index (χ1) is 9.06. The van der Waals surface area contributed by atoms with Crippen molar-refractivity contribution in [3.8, 4) is 5.75 Å². The maximum Gasteiger partial charge on any atom is 0.323 e.